The van der Waals surface area contributed by atoms with Gasteiger partial charge in [0, 0.05) is 5.92 Å². The minimum Gasteiger partial charge on any atom is -0.397 e. The monoisotopic (exact) mass is 330 g/mol. The van der Waals surface area contributed by atoms with E-state index >= 15 is 0 Å². The van der Waals surface area contributed by atoms with Crippen LogP contribution >= 0.6 is 12.4 Å². The largest absolute Gasteiger partial charge is 0.397 e. The number of nitrogen functional groups attached to an aromatic ring is 1. The van der Waals surface area contributed by atoms with Crippen LogP contribution in [0.15, 0.2) is 54.6 Å². The Balaban J connectivity index is 0.00000192. The van der Waals surface area contributed by atoms with Crippen LogP contribution in [0, 0.1) is 5.92 Å². The molecule has 0 aromatic heterocycles. The first-order chi connectivity index (χ1) is 10.7. The van der Waals surface area contributed by atoms with Crippen molar-refractivity contribution in [3.63, 3.8) is 0 Å². The molecule has 4 heteroatoms. The number of carbonyl (C=O) groups excluding carboxylic acids is 1. The Morgan fingerprint density at radius 3 is 2.17 bits per heavy atom. The number of nitrogens with one attached hydrogen (secondary N) is 1. The summed E-state index contributed by atoms with van der Waals surface area (Å²) >= 11 is 0. The third kappa shape index (κ3) is 4.26. The lowest BCUT2D eigenvalue weighted by atomic mass is 9.78. The summed E-state index contributed by atoms with van der Waals surface area (Å²) in [7, 11) is 0. The lowest BCUT2D eigenvalue weighted by molar-refractivity contribution is -0.120. The van der Waals surface area contributed by atoms with Gasteiger partial charge in [-0.2, -0.15) is 0 Å². The van der Waals surface area contributed by atoms with E-state index in [2.05, 4.69) is 29.6 Å². The van der Waals surface area contributed by atoms with E-state index in [1.54, 1.807) is 0 Å². The van der Waals surface area contributed by atoms with Crippen LogP contribution in [-0.2, 0) is 4.79 Å². The lowest BCUT2D eigenvalue weighted by Crippen LogP contribution is -2.27. The maximum Gasteiger partial charge on any atom is 0.227 e. The molecule has 1 saturated carbocycles. The highest BCUT2D eigenvalue weighted by molar-refractivity contribution is 5.95. The van der Waals surface area contributed by atoms with E-state index in [1.165, 1.54) is 5.56 Å². The van der Waals surface area contributed by atoms with Gasteiger partial charge in [-0.05, 0) is 49.3 Å². The summed E-state index contributed by atoms with van der Waals surface area (Å²) < 4.78 is 0. The van der Waals surface area contributed by atoms with Gasteiger partial charge in [-0.3, -0.25) is 4.79 Å². The molecule has 1 aliphatic carbocycles. The summed E-state index contributed by atoms with van der Waals surface area (Å²) in [5, 5.41) is 2.97. The number of amides is 1. The molecule has 1 aliphatic rings. The quantitative estimate of drug-likeness (QED) is 0.808. The molecule has 0 heterocycles. The summed E-state index contributed by atoms with van der Waals surface area (Å²) in [4.78, 5) is 12.4. The van der Waals surface area contributed by atoms with Gasteiger partial charge >= 0.3 is 0 Å². The van der Waals surface area contributed by atoms with Gasteiger partial charge in [0.1, 0.15) is 0 Å². The van der Waals surface area contributed by atoms with Gasteiger partial charge in [0.2, 0.25) is 5.91 Å². The molecule has 1 amide bonds. The van der Waals surface area contributed by atoms with Crippen LogP contribution in [0.1, 0.15) is 37.2 Å². The molecule has 2 aromatic carbocycles. The van der Waals surface area contributed by atoms with E-state index in [0.29, 0.717) is 11.6 Å². The van der Waals surface area contributed by atoms with Crippen molar-refractivity contribution in [3.8, 4) is 0 Å². The van der Waals surface area contributed by atoms with E-state index in [9.17, 15) is 4.79 Å². The average molecular weight is 331 g/mol. The Labute approximate surface area is 143 Å². The number of hydrogen-bond acceptors (Lipinski definition) is 2. The normalized spacial score (nSPS) is 20.3. The van der Waals surface area contributed by atoms with Crippen LogP contribution in [-0.4, -0.2) is 5.91 Å². The predicted octanol–water partition coefficient (Wildman–Crippen LogP) is 4.60. The number of halogens is 1. The van der Waals surface area contributed by atoms with Crippen LogP contribution in [0.4, 0.5) is 11.4 Å². The maximum atomic E-state index is 12.4. The summed E-state index contributed by atoms with van der Waals surface area (Å²) in [5.41, 5.74) is 8.62. The van der Waals surface area contributed by atoms with Crippen molar-refractivity contribution in [2.75, 3.05) is 11.1 Å². The Morgan fingerprint density at radius 2 is 1.52 bits per heavy atom. The topological polar surface area (TPSA) is 55.1 Å². The van der Waals surface area contributed by atoms with Crippen LogP contribution in [0.3, 0.4) is 0 Å². The molecular weight excluding hydrogens is 308 g/mol. The van der Waals surface area contributed by atoms with Gasteiger partial charge < -0.3 is 11.1 Å². The minimum absolute atomic E-state index is 0. The predicted molar refractivity (Wildman–Crippen MR) is 97.9 cm³/mol. The highest BCUT2D eigenvalue weighted by Gasteiger charge is 2.27. The Kier molecular flexibility index (Phi) is 6.05. The minimum atomic E-state index is 0. The molecule has 0 spiro atoms. The molecule has 3 N–H and O–H groups in total. The molecule has 0 radical (unpaired) electrons. The number of hydrogen-bond donors (Lipinski definition) is 2. The van der Waals surface area contributed by atoms with Crippen LogP contribution in [0.25, 0.3) is 0 Å². The third-order valence-corrected chi connectivity index (χ3v) is 4.59. The van der Waals surface area contributed by atoms with E-state index in [0.717, 1.165) is 31.4 Å². The van der Waals surface area contributed by atoms with E-state index in [-0.39, 0.29) is 24.2 Å². The summed E-state index contributed by atoms with van der Waals surface area (Å²) in [6.07, 6.45) is 4.04. The van der Waals surface area contributed by atoms with E-state index < -0.39 is 0 Å². The van der Waals surface area contributed by atoms with Crippen molar-refractivity contribution in [2.45, 2.75) is 31.6 Å². The molecule has 23 heavy (non-hydrogen) atoms. The number of carbonyl (C=O) groups is 1. The fraction of sp³-hybridized carbons (Fsp3) is 0.316. The smallest absolute Gasteiger partial charge is 0.227 e. The fourth-order valence-electron chi connectivity index (χ4n) is 3.26. The Morgan fingerprint density at radius 1 is 0.913 bits per heavy atom. The maximum absolute atomic E-state index is 12.4. The van der Waals surface area contributed by atoms with Gasteiger partial charge in [-0.1, -0.05) is 42.5 Å². The molecule has 2 aromatic rings. The molecular formula is C19H23ClN2O. The van der Waals surface area contributed by atoms with Crippen molar-refractivity contribution < 1.29 is 4.79 Å². The fourth-order valence-corrected chi connectivity index (χ4v) is 3.26. The second-order valence-corrected chi connectivity index (χ2v) is 6.04. The number of para-hydroxylation sites is 2. The second kappa shape index (κ2) is 8.02. The SMILES string of the molecule is Cl.Nc1ccccc1NC(=O)C1CCC(c2ccccc2)CC1. The summed E-state index contributed by atoms with van der Waals surface area (Å²) in [6.45, 7) is 0. The zero-order valence-electron chi connectivity index (χ0n) is 13.1. The zero-order chi connectivity index (χ0) is 15.4. The lowest BCUT2D eigenvalue weighted by Gasteiger charge is -2.28. The zero-order valence-corrected chi connectivity index (χ0v) is 13.9. The summed E-state index contributed by atoms with van der Waals surface area (Å²) in [5.74, 6) is 0.788. The van der Waals surface area contributed by atoms with Crippen molar-refractivity contribution in [1.82, 2.24) is 0 Å². The first kappa shape index (κ1) is 17.4. The highest BCUT2D eigenvalue weighted by Crippen LogP contribution is 2.36. The highest BCUT2D eigenvalue weighted by atomic mass is 35.5. The van der Waals surface area contributed by atoms with Crippen molar-refractivity contribution >= 4 is 29.7 Å². The van der Waals surface area contributed by atoms with Crippen LogP contribution < -0.4 is 11.1 Å². The Bertz CT molecular complexity index is 637. The van der Waals surface area contributed by atoms with Gasteiger partial charge in [0.15, 0.2) is 0 Å². The van der Waals surface area contributed by atoms with Gasteiger partial charge in [0.05, 0.1) is 11.4 Å². The Hall–Kier alpha value is -2.00. The summed E-state index contributed by atoms with van der Waals surface area (Å²) in [6, 6.07) is 18.0. The van der Waals surface area contributed by atoms with E-state index in [4.69, 9.17) is 5.73 Å². The number of nitrogens with two attached hydrogens (primary N) is 1. The molecule has 0 aliphatic heterocycles. The number of rotatable bonds is 3. The molecule has 3 nitrogen and oxygen atoms in total. The van der Waals surface area contributed by atoms with Crippen molar-refractivity contribution in [2.24, 2.45) is 5.92 Å². The molecule has 122 valence electrons. The molecule has 3 rings (SSSR count). The van der Waals surface area contributed by atoms with Crippen LogP contribution in [0.2, 0.25) is 0 Å². The first-order valence-corrected chi connectivity index (χ1v) is 7.94. The molecule has 1 fully saturated rings. The third-order valence-electron chi connectivity index (χ3n) is 4.59. The van der Waals surface area contributed by atoms with Crippen molar-refractivity contribution in [1.29, 1.82) is 0 Å². The van der Waals surface area contributed by atoms with Gasteiger partial charge in [-0.15, -0.1) is 12.4 Å². The average Bonchev–Trinajstić information content (AvgIpc) is 2.58. The molecule has 0 atom stereocenters. The second-order valence-electron chi connectivity index (χ2n) is 6.04. The first-order valence-electron chi connectivity index (χ1n) is 7.94. The van der Waals surface area contributed by atoms with Gasteiger partial charge in [0.25, 0.3) is 0 Å². The number of anilines is 2. The molecule has 0 saturated heterocycles. The van der Waals surface area contributed by atoms with Crippen molar-refractivity contribution in [3.05, 3.63) is 60.2 Å². The van der Waals surface area contributed by atoms with Gasteiger partial charge in [-0.25, -0.2) is 0 Å². The molecule has 0 unspecified atom stereocenters. The van der Waals surface area contributed by atoms with Crippen LogP contribution in [0.5, 0.6) is 0 Å². The number of benzene rings is 2. The molecule has 0 bridgehead atoms. The van der Waals surface area contributed by atoms with E-state index in [1.807, 2.05) is 30.3 Å². The standard InChI is InChI=1S/C19H22N2O.ClH/c20-17-8-4-5-9-18(17)21-19(22)16-12-10-15(11-13-16)14-6-2-1-3-7-14;/h1-9,15-16H,10-13,20H2,(H,21,22);1H.